The smallest absolute Gasteiger partial charge is 0.107 e. The van der Waals surface area contributed by atoms with E-state index in [9.17, 15) is 5.11 Å². The van der Waals surface area contributed by atoms with Crippen LogP contribution in [0.1, 0.15) is 11.1 Å². The maximum atomic E-state index is 10.2. The highest BCUT2D eigenvalue weighted by molar-refractivity contribution is 5.22. The number of morpholine rings is 1. The normalized spacial score (nSPS) is 16.7. The quantitative estimate of drug-likeness (QED) is 0.508. The van der Waals surface area contributed by atoms with Gasteiger partial charge in [0.1, 0.15) is 6.61 Å². The first-order valence-corrected chi connectivity index (χ1v) is 8.94. The molecule has 1 aromatic carbocycles. The summed E-state index contributed by atoms with van der Waals surface area (Å²) in [6.07, 6.45) is 4.64. The minimum absolute atomic E-state index is 0.239. The van der Waals surface area contributed by atoms with Crippen molar-refractivity contribution in [2.45, 2.75) is 19.6 Å². The molecular formula is C20H30N2O3. The molecular weight excluding hydrogens is 316 g/mol. The minimum atomic E-state index is -0.539. The molecule has 138 valence electrons. The van der Waals surface area contributed by atoms with Crippen LogP contribution < -0.4 is 0 Å². The fraction of sp³-hybridized carbons (Fsp3) is 0.600. The fourth-order valence-corrected chi connectivity index (χ4v) is 3.02. The molecule has 5 heteroatoms. The fourth-order valence-electron chi connectivity index (χ4n) is 3.02. The van der Waals surface area contributed by atoms with E-state index in [1.54, 1.807) is 0 Å². The van der Waals surface area contributed by atoms with Crippen molar-refractivity contribution < 1.29 is 14.6 Å². The molecule has 0 aliphatic carbocycles. The summed E-state index contributed by atoms with van der Waals surface area (Å²) in [5.74, 6) is 2.43. The monoisotopic (exact) mass is 346 g/mol. The highest BCUT2D eigenvalue weighted by atomic mass is 16.5. The highest BCUT2D eigenvalue weighted by Gasteiger charge is 2.16. The van der Waals surface area contributed by atoms with E-state index in [2.05, 4.69) is 46.9 Å². The maximum absolute atomic E-state index is 10.2. The van der Waals surface area contributed by atoms with Gasteiger partial charge in [-0.1, -0.05) is 35.7 Å². The zero-order chi connectivity index (χ0) is 17.9. The van der Waals surface area contributed by atoms with E-state index >= 15 is 0 Å². The Kier molecular flexibility index (Phi) is 8.95. The third-order valence-corrected chi connectivity index (χ3v) is 4.29. The Labute approximate surface area is 151 Å². The second kappa shape index (κ2) is 11.2. The molecule has 0 spiro atoms. The molecule has 5 nitrogen and oxygen atoms in total. The van der Waals surface area contributed by atoms with Crippen LogP contribution >= 0.6 is 0 Å². The van der Waals surface area contributed by atoms with Gasteiger partial charge in [-0.05, 0) is 12.5 Å². The zero-order valence-electron chi connectivity index (χ0n) is 15.2. The summed E-state index contributed by atoms with van der Waals surface area (Å²) in [7, 11) is 0. The van der Waals surface area contributed by atoms with Gasteiger partial charge in [0.05, 0.1) is 25.9 Å². The van der Waals surface area contributed by atoms with Crippen molar-refractivity contribution in [3.63, 3.8) is 0 Å². The summed E-state index contributed by atoms with van der Waals surface area (Å²) in [4.78, 5) is 4.70. The van der Waals surface area contributed by atoms with E-state index in [4.69, 9.17) is 15.9 Å². The summed E-state index contributed by atoms with van der Waals surface area (Å²) in [6, 6.07) is 8.51. The zero-order valence-corrected chi connectivity index (χ0v) is 15.2. The average Bonchev–Trinajstić information content (AvgIpc) is 2.61. The summed E-state index contributed by atoms with van der Waals surface area (Å²) in [6.45, 7) is 9.45. The molecule has 1 aromatic rings. The molecule has 1 aliphatic heterocycles. The molecule has 0 aromatic heterocycles. The lowest BCUT2D eigenvalue weighted by Crippen LogP contribution is -2.43. The summed E-state index contributed by atoms with van der Waals surface area (Å²) in [5.41, 5.74) is 2.52. The van der Waals surface area contributed by atoms with Gasteiger partial charge in [0.25, 0.3) is 0 Å². The van der Waals surface area contributed by atoms with Crippen LogP contribution in [0.25, 0.3) is 0 Å². The maximum Gasteiger partial charge on any atom is 0.107 e. The van der Waals surface area contributed by atoms with Crippen molar-refractivity contribution in [2.24, 2.45) is 0 Å². The molecule has 0 amide bonds. The van der Waals surface area contributed by atoms with E-state index in [0.717, 1.165) is 45.9 Å². The Balaban J connectivity index is 1.88. The van der Waals surface area contributed by atoms with Crippen LogP contribution in [-0.2, 0) is 16.0 Å². The van der Waals surface area contributed by atoms with Gasteiger partial charge in [-0.2, -0.15) is 0 Å². The number of aliphatic hydroxyl groups excluding tert-OH is 1. The van der Waals surface area contributed by atoms with E-state index in [0.29, 0.717) is 6.54 Å². The molecule has 1 fully saturated rings. The Morgan fingerprint density at radius 1 is 1.40 bits per heavy atom. The van der Waals surface area contributed by atoms with E-state index in [1.807, 2.05) is 0 Å². The standard InChI is InChI=1S/C20H30N2O3/c1-3-11-25-17-20(23)16-22(8-7-21-9-12-24-13-10-21)15-19-6-4-5-18(2)14-19/h1,4-6,14,20,23H,7-13,15-17H2,2H3/t20-/m0/s1. The van der Waals surface area contributed by atoms with Crippen LogP contribution in [0.3, 0.4) is 0 Å². The number of aliphatic hydroxyl groups is 1. The van der Waals surface area contributed by atoms with Crippen LogP contribution in [0.5, 0.6) is 0 Å². The van der Waals surface area contributed by atoms with Gasteiger partial charge in [0.2, 0.25) is 0 Å². The Bertz CT molecular complexity index is 538. The first-order valence-electron chi connectivity index (χ1n) is 8.94. The number of terminal acetylenes is 1. The number of aryl methyl sites for hydroxylation is 1. The predicted octanol–water partition coefficient (Wildman–Crippen LogP) is 1.14. The van der Waals surface area contributed by atoms with E-state index in [-0.39, 0.29) is 13.2 Å². The van der Waals surface area contributed by atoms with Crippen molar-refractivity contribution in [1.82, 2.24) is 9.80 Å². The van der Waals surface area contributed by atoms with Gasteiger partial charge >= 0.3 is 0 Å². The molecule has 1 saturated heterocycles. The van der Waals surface area contributed by atoms with Crippen molar-refractivity contribution in [1.29, 1.82) is 0 Å². The van der Waals surface area contributed by atoms with Crippen molar-refractivity contribution in [3.8, 4) is 12.3 Å². The third kappa shape index (κ3) is 8.00. The van der Waals surface area contributed by atoms with Crippen LogP contribution in [0.15, 0.2) is 24.3 Å². The molecule has 1 N–H and O–H groups in total. The average molecular weight is 346 g/mol. The first kappa shape index (κ1) is 19.9. The largest absolute Gasteiger partial charge is 0.389 e. The molecule has 25 heavy (non-hydrogen) atoms. The number of ether oxygens (including phenoxy) is 2. The van der Waals surface area contributed by atoms with E-state index < -0.39 is 6.10 Å². The molecule has 0 unspecified atom stereocenters. The van der Waals surface area contributed by atoms with Crippen molar-refractivity contribution in [2.75, 3.05) is 59.2 Å². The molecule has 1 aliphatic rings. The number of hydrogen-bond donors (Lipinski definition) is 1. The Morgan fingerprint density at radius 3 is 2.92 bits per heavy atom. The topological polar surface area (TPSA) is 45.2 Å². The van der Waals surface area contributed by atoms with Crippen LogP contribution in [0.2, 0.25) is 0 Å². The SMILES string of the molecule is C#CCOC[C@@H](O)CN(CCN1CCOCC1)Cc1cccc(C)c1. The highest BCUT2D eigenvalue weighted by Crippen LogP contribution is 2.09. The van der Waals surface area contributed by atoms with Crippen LogP contribution in [-0.4, -0.2) is 80.2 Å². The van der Waals surface area contributed by atoms with Gasteiger partial charge < -0.3 is 14.6 Å². The second-order valence-electron chi connectivity index (χ2n) is 6.55. The van der Waals surface area contributed by atoms with Gasteiger partial charge in [0, 0.05) is 39.3 Å². The lowest BCUT2D eigenvalue weighted by atomic mass is 10.1. The number of rotatable bonds is 10. The van der Waals surface area contributed by atoms with Crippen molar-refractivity contribution in [3.05, 3.63) is 35.4 Å². The lowest BCUT2D eigenvalue weighted by Gasteiger charge is -2.31. The molecule has 2 rings (SSSR count). The number of hydrogen-bond acceptors (Lipinski definition) is 5. The van der Waals surface area contributed by atoms with Gasteiger partial charge in [-0.15, -0.1) is 6.42 Å². The Hall–Kier alpha value is -1.42. The summed E-state index contributed by atoms with van der Waals surface area (Å²) in [5, 5.41) is 10.2. The second-order valence-corrected chi connectivity index (χ2v) is 6.55. The van der Waals surface area contributed by atoms with Gasteiger partial charge in [-0.25, -0.2) is 0 Å². The number of nitrogens with zero attached hydrogens (tertiary/aromatic N) is 2. The summed E-state index contributed by atoms with van der Waals surface area (Å²) >= 11 is 0. The lowest BCUT2D eigenvalue weighted by molar-refractivity contribution is 0.0136. The Morgan fingerprint density at radius 2 is 2.20 bits per heavy atom. The first-order chi connectivity index (χ1) is 12.2. The molecule has 0 saturated carbocycles. The van der Waals surface area contributed by atoms with Crippen LogP contribution in [0, 0.1) is 19.3 Å². The molecule has 0 radical (unpaired) electrons. The molecule has 1 heterocycles. The molecule has 1 atom stereocenters. The van der Waals surface area contributed by atoms with Crippen LogP contribution in [0.4, 0.5) is 0 Å². The number of benzene rings is 1. The third-order valence-electron chi connectivity index (χ3n) is 4.29. The summed E-state index contributed by atoms with van der Waals surface area (Å²) < 4.78 is 10.7. The predicted molar refractivity (Wildman–Crippen MR) is 99.4 cm³/mol. The van der Waals surface area contributed by atoms with Gasteiger partial charge in [0.15, 0.2) is 0 Å². The molecule has 0 bridgehead atoms. The van der Waals surface area contributed by atoms with E-state index in [1.165, 1.54) is 11.1 Å². The van der Waals surface area contributed by atoms with Gasteiger partial charge in [-0.3, -0.25) is 9.80 Å². The van der Waals surface area contributed by atoms with Crippen molar-refractivity contribution >= 4 is 0 Å². The minimum Gasteiger partial charge on any atom is -0.389 e.